The highest BCUT2D eigenvalue weighted by Gasteiger charge is 2.10. The van der Waals surface area contributed by atoms with Gasteiger partial charge < -0.3 is 15.0 Å². The van der Waals surface area contributed by atoms with Crippen LogP contribution in [0.3, 0.4) is 0 Å². The Morgan fingerprint density at radius 2 is 1.95 bits per heavy atom. The molecule has 0 unspecified atom stereocenters. The van der Waals surface area contributed by atoms with E-state index in [1.807, 2.05) is 23.6 Å². The maximum atomic E-state index is 13.4. The summed E-state index contributed by atoms with van der Waals surface area (Å²) in [6, 6.07) is 11.8. The van der Waals surface area contributed by atoms with Gasteiger partial charge in [0.05, 0.1) is 11.0 Å². The van der Waals surface area contributed by atoms with Gasteiger partial charge in [-0.25, -0.2) is 9.37 Å². The van der Waals surface area contributed by atoms with Crippen molar-refractivity contribution in [3.05, 3.63) is 54.1 Å². The van der Waals surface area contributed by atoms with Crippen LogP contribution < -0.4 is 10.5 Å². The van der Waals surface area contributed by atoms with Crippen molar-refractivity contribution in [2.75, 3.05) is 5.73 Å². The number of rotatable bonds is 4. The van der Waals surface area contributed by atoms with Crippen LogP contribution >= 0.6 is 0 Å². The fraction of sp³-hybridized carbons (Fsp3) is 0.188. The maximum absolute atomic E-state index is 13.4. The molecule has 0 saturated heterocycles. The van der Waals surface area contributed by atoms with E-state index >= 15 is 0 Å². The minimum absolute atomic E-state index is 0.261. The molecule has 0 saturated carbocycles. The molecule has 5 heteroatoms. The van der Waals surface area contributed by atoms with Crippen molar-refractivity contribution in [1.29, 1.82) is 0 Å². The zero-order valence-corrected chi connectivity index (χ0v) is 11.7. The molecule has 4 nitrogen and oxygen atoms in total. The number of imidazole rings is 1. The van der Waals surface area contributed by atoms with Gasteiger partial charge in [0.1, 0.15) is 24.0 Å². The van der Waals surface area contributed by atoms with Crippen LogP contribution in [0.25, 0.3) is 11.0 Å². The first-order valence-corrected chi connectivity index (χ1v) is 6.80. The van der Waals surface area contributed by atoms with Gasteiger partial charge in [0, 0.05) is 12.2 Å². The number of benzene rings is 2. The quantitative estimate of drug-likeness (QED) is 0.748. The number of nitrogen functional groups attached to an aromatic ring is 1. The number of fused-ring (bicyclic) bond motifs is 1. The lowest BCUT2D eigenvalue weighted by molar-refractivity contribution is 0.291. The highest BCUT2D eigenvalue weighted by Crippen LogP contribution is 2.20. The van der Waals surface area contributed by atoms with Crippen molar-refractivity contribution < 1.29 is 9.13 Å². The Morgan fingerprint density at radius 3 is 2.67 bits per heavy atom. The Balaban J connectivity index is 1.88. The molecule has 21 heavy (non-hydrogen) atoms. The van der Waals surface area contributed by atoms with Crippen molar-refractivity contribution in [2.45, 2.75) is 20.1 Å². The van der Waals surface area contributed by atoms with Gasteiger partial charge in [-0.2, -0.15) is 0 Å². The largest absolute Gasteiger partial charge is 0.486 e. The molecule has 2 N–H and O–H groups in total. The molecule has 0 aliphatic heterocycles. The maximum Gasteiger partial charge on any atom is 0.147 e. The van der Waals surface area contributed by atoms with Crippen molar-refractivity contribution in [3.8, 4) is 5.75 Å². The molecule has 0 aliphatic carbocycles. The summed E-state index contributed by atoms with van der Waals surface area (Å²) in [5, 5.41) is 0. The topological polar surface area (TPSA) is 53.1 Å². The van der Waals surface area contributed by atoms with Crippen LogP contribution in [0.5, 0.6) is 5.75 Å². The first-order valence-electron chi connectivity index (χ1n) is 6.80. The van der Waals surface area contributed by atoms with Crippen molar-refractivity contribution in [2.24, 2.45) is 0 Å². The van der Waals surface area contributed by atoms with Gasteiger partial charge in [-0.1, -0.05) is 0 Å². The van der Waals surface area contributed by atoms with Crippen molar-refractivity contribution in [3.63, 3.8) is 0 Å². The molecule has 108 valence electrons. The van der Waals surface area contributed by atoms with E-state index in [2.05, 4.69) is 4.98 Å². The van der Waals surface area contributed by atoms with E-state index in [0.29, 0.717) is 18.8 Å². The zero-order valence-electron chi connectivity index (χ0n) is 11.7. The first-order chi connectivity index (χ1) is 10.2. The third-order valence-corrected chi connectivity index (χ3v) is 3.35. The summed E-state index contributed by atoms with van der Waals surface area (Å²) >= 11 is 0. The van der Waals surface area contributed by atoms with E-state index in [1.165, 1.54) is 12.1 Å². The van der Waals surface area contributed by atoms with Crippen LogP contribution in [0.4, 0.5) is 10.1 Å². The number of aromatic nitrogens is 2. The van der Waals surface area contributed by atoms with Crippen LogP contribution in [0.1, 0.15) is 12.7 Å². The predicted octanol–water partition coefficient (Wildman–Crippen LogP) is 3.36. The van der Waals surface area contributed by atoms with Crippen molar-refractivity contribution >= 4 is 16.7 Å². The van der Waals surface area contributed by atoms with E-state index in [-0.39, 0.29) is 5.82 Å². The van der Waals surface area contributed by atoms with Gasteiger partial charge in [0.25, 0.3) is 0 Å². The minimum Gasteiger partial charge on any atom is -0.486 e. The lowest BCUT2D eigenvalue weighted by Crippen LogP contribution is -2.06. The molecule has 2 aromatic carbocycles. The second-order valence-corrected chi connectivity index (χ2v) is 4.76. The summed E-state index contributed by atoms with van der Waals surface area (Å²) in [7, 11) is 0. The third-order valence-electron chi connectivity index (χ3n) is 3.35. The Bertz CT molecular complexity index is 765. The highest BCUT2D eigenvalue weighted by molar-refractivity contribution is 5.76. The molecule has 0 spiro atoms. The number of nitrogens with two attached hydrogens (primary N) is 1. The molecule has 0 radical (unpaired) electrons. The summed E-state index contributed by atoms with van der Waals surface area (Å²) in [6.45, 7) is 3.03. The number of anilines is 1. The lowest BCUT2D eigenvalue weighted by atomic mass is 10.3. The molecule has 0 aliphatic rings. The number of hydrogen-bond acceptors (Lipinski definition) is 3. The molecule has 0 bridgehead atoms. The second-order valence-electron chi connectivity index (χ2n) is 4.76. The average Bonchev–Trinajstić information content (AvgIpc) is 2.83. The first kappa shape index (κ1) is 13.4. The van der Waals surface area contributed by atoms with E-state index in [9.17, 15) is 4.39 Å². The molecule has 3 rings (SSSR count). The molecular formula is C16H16FN3O. The Labute approximate surface area is 122 Å². The van der Waals surface area contributed by atoms with Crippen LogP contribution in [-0.2, 0) is 13.2 Å². The molecule has 0 amide bonds. The Kier molecular flexibility index (Phi) is 3.48. The number of nitrogens with zero attached hydrogens (tertiary/aromatic N) is 2. The van der Waals surface area contributed by atoms with Gasteiger partial charge in [-0.15, -0.1) is 0 Å². The number of ether oxygens (including phenoxy) is 1. The van der Waals surface area contributed by atoms with E-state index in [4.69, 9.17) is 10.5 Å². The van der Waals surface area contributed by atoms with Gasteiger partial charge in [0.15, 0.2) is 0 Å². The molecule has 1 heterocycles. The number of hydrogen-bond donors (Lipinski definition) is 1. The van der Waals surface area contributed by atoms with Gasteiger partial charge in [-0.3, -0.25) is 0 Å². The summed E-state index contributed by atoms with van der Waals surface area (Å²) < 4.78 is 21.0. The van der Waals surface area contributed by atoms with E-state index < -0.39 is 0 Å². The summed E-state index contributed by atoms with van der Waals surface area (Å²) in [5.41, 5.74) is 7.89. The monoisotopic (exact) mass is 285 g/mol. The zero-order chi connectivity index (χ0) is 14.8. The van der Waals surface area contributed by atoms with Crippen LogP contribution in [0.15, 0.2) is 42.5 Å². The Hall–Kier alpha value is -2.56. The van der Waals surface area contributed by atoms with Gasteiger partial charge >= 0.3 is 0 Å². The summed E-state index contributed by atoms with van der Waals surface area (Å²) in [4.78, 5) is 4.50. The lowest BCUT2D eigenvalue weighted by Gasteiger charge is -2.08. The minimum atomic E-state index is -0.261. The summed E-state index contributed by atoms with van der Waals surface area (Å²) in [5.74, 6) is 1.24. The standard InChI is InChI=1S/C16H16FN3O/c1-2-20-15-9-11(17)3-8-14(15)19-16(20)10-21-13-6-4-12(18)5-7-13/h3-9H,2,10,18H2,1H3. The SMILES string of the molecule is CCn1c(COc2ccc(N)cc2)nc2ccc(F)cc21. The summed E-state index contributed by atoms with van der Waals surface area (Å²) in [6.07, 6.45) is 0. The number of halogens is 1. The number of aryl methyl sites for hydroxylation is 1. The van der Waals surface area contributed by atoms with E-state index in [1.54, 1.807) is 18.2 Å². The fourth-order valence-corrected chi connectivity index (χ4v) is 2.32. The highest BCUT2D eigenvalue weighted by atomic mass is 19.1. The van der Waals surface area contributed by atoms with Gasteiger partial charge in [-0.05, 0) is 49.4 Å². The average molecular weight is 285 g/mol. The Morgan fingerprint density at radius 1 is 1.19 bits per heavy atom. The molecule has 1 aromatic heterocycles. The smallest absolute Gasteiger partial charge is 0.147 e. The molecular weight excluding hydrogens is 269 g/mol. The predicted molar refractivity (Wildman–Crippen MR) is 80.6 cm³/mol. The van der Waals surface area contributed by atoms with Crippen LogP contribution in [0.2, 0.25) is 0 Å². The third kappa shape index (κ3) is 2.67. The van der Waals surface area contributed by atoms with Crippen molar-refractivity contribution in [1.82, 2.24) is 9.55 Å². The second kappa shape index (κ2) is 5.44. The molecule has 3 aromatic rings. The normalized spacial score (nSPS) is 11.0. The van der Waals surface area contributed by atoms with E-state index in [0.717, 1.165) is 22.6 Å². The van der Waals surface area contributed by atoms with Crippen LogP contribution in [0, 0.1) is 5.82 Å². The molecule has 0 atom stereocenters. The van der Waals surface area contributed by atoms with Gasteiger partial charge in [0.2, 0.25) is 0 Å². The van der Waals surface area contributed by atoms with Crippen LogP contribution in [-0.4, -0.2) is 9.55 Å². The fourth-order valence-electron chi connectivity index (χ4n) is 2.32. The molecule has 0 fully saturated rings.